The molecule has 78 valence electrons. The van der Waals surface area contributed by atoms with Crippen molar-refractivity contribution in [1.82, 2.24) is 15.4 Å². The van der Waals surface area contributed by atoms with Gasteiger partial charge < -0.3 is 14.7 Å². The quantitative estimate of drug-likeness (QED) is 0.683. The Labute approximate surface area is 84.3 Å². The maximum atomic E-state index is 4.74. The van der Waals surface area contributed by atoms with E-state index in [1.165, 1.54) is 12.8 Å². The van der Waals surface area contributed by atoms with Crippen molar-refractivity contribution < 1.29 is 4.52 Å². The van der Waals surface area contributed by atoms with Crippen LogP contribution in [-0.2, 0) is 6.54 Å². The van der Waals surface area contributed by atoms with E-state index in [1.54, 1.807) is 12.5 Å². The van der Waals surface area contributed by atoms with Crippen LogP contribution in [0.25, 0.3) is 0 Å². The van der Waals surface area contributed by atoms with E-state index in [9.17, 15) is 0 Å². The first-order valence-electron chi connectivity index (χ1n) is 5.15. The molecule has 1 aliphatic carbocycles. The topological polar surface area (TPSA) is 41.3 Å². The molecule has 0 spiro atoms. The van der Waals surface area contributed by atoms with Crippen LogP contribution >= 0.6 is 0 Å². The largest absolute Gasteiger partial charge is 0.364 e. The summed E-state index contributed by atoms with van der Waals surface area (Å²) in [4.78, 5) is 2.42. The Hall–Kier alpha value is -0.870. The van der Waals surface area contributed by atoms with Crippen LogP contribution in [0.1, 0.15) is 18.4 Å². The molecule has 0 unspecified atom stereocenters. The maximum Gasteiger partial charge on any atom is 0.128 e. The first-order valence-corrected chi connectivity index (χ1v) is 5.15. The van der Waals surface area contributed by atoms with Gasteiger partial charge in [-0.15, -0.1) is 0 Å². The fourth-order valence-electron chi connectivity index (χ4n) is 1.50. The van der Waals surface area contributed by atoms with Crippen LogP contribution in [0.15, 0.2) is 17.0 Å². The number of aromatic nitrogens is 1. The summed E-state index contributed by atoms with van der Waals surface area (Å²) in [5.41, 5.74) is 1.11. The summed E-state index contributed by atoms with van der Waals surface area (Å²) in [5.74, 6) is 0. The number of likely N-dealkylation sites (N-methyl/N-ethyl adjacent to an activating group) is 1. The molecule has 0 radical (unpaired) electrons. The smallest absolute Gasteiger partial charge is 0.128 e. The van der Waals surface area contributed by atoms with Crippen LogP contribution in [0.5, 0.6) is 0 Å². The lowest BCUT2D eigenvalue weighted by molar-refractivity contribution is 0.321. The lowest BCUT2D eigenvalue weighted by atomic mass is 10.3. The van der Waals surface area contributed by atoms with Crippen LogP contribution < -0.4 is 5.32 Å². The summed E-state index contributed by atoms with van der Waals surface area (Å²) in [5, 5.41) is 7.01. The third-order valence-electron chi connectivity index (χ3n) is 2.62. The zero-order valence-corrected chi connectivity index (χ0v) is 8.57. The lowest BCUT2D eigenvalue weighted by Gasteiger charge is -2.15. The Morgan fingerprint density at radius 1 is 1.64 bits per heavy atom. The Kier molecular flexibility index (Phi) is 3.16. The monoisotopic (exact) mass is 195 g/mol. The van der Waals surface area contributed by atoms with Crippen molar-refractivity contribution in [3.8, 4) is 0 Å². The van der Waals surface area contributed by atoms with Gasteiger partial charge in [-0.1, -0.05) is 5.16 Å². The van der Waals surface area contributed by atoms with E-state index in [4.69, 9.17) is 4.52 Å². The fraction of sp³-hybridized carbons (Fsp3) is 0.700. The van der Waals surface area contributed by atoms with Gasteiger partial charge in [-0.25, -0.2) is 0 Å². The minimum absolute atomic E-state index is 0.849. The second kappa shape index (κ2) is 4.57. The number of nitrogens with zero attached hydrogens (tertiary/aromatic N) is 2. The molecule has 1 heterocycles. The molecule has 1 fully saturated rings. The number of rotatable bonds is 6. The van der Waals surface area contributed by atoms with Crippen molar-refractivity contribution in [3.63, 3.8) is 0 Å². The molecule has 4 nitrogen and oxygen atoms in total. The van der Waals surface area contributed by atoms with E-state index in [1.807, 2.05) is 0 Å². The van der Waals surface area contributed by atoms with E-state index in [0.29, 0.717) is 0 Å². The molecule has 14 heavy (non-hydrogen) atoms. The summed E-state index contributed by atoms with van der Waals surface area (Å²) < 4.78 is 4.74. The minimum Gasteiger partial charge on any atom is -0.364 e. The molecule has 0 aromatic carbocycles. The van der Waals surface area contributed by atoms with Crippen molar-refractivity contribution in [2.24, 2.45) is 0 Å². The third kappa shape index (κ3) is 2.82. The van der Waals surface area contributed by atoms with Crippen molar-refractivity contribution >= 4 is 0 Å². The fourth-order valence-corrected chi connectivity index (χ4v) is 1.50. The summed E-state index contributed by atoms with van der Waals surface area (Å²) in [6, 6.07) is 0.854. The Morgan fingerprint density at radius 2 is 2.50 bits per heavy atom. The summed E-state index contributed by atoms with van der Waals surface area (Å²) in [6.45, 7) is 3.00. The zero-order chi connectivity index (χ0) is 9.80. The molecule has 0 aliphatic heterocycles. The van der Waals surface area contributed by atoms with Gasteiger partial charge in [-0.05, 0) is 19.9 Å². The van der Waals surface area contributed by atoms with Gasteiger partial charge in [0.15, 0.2) is 0 Å². The van der Waals surface area contributed by atoms with Crippen molar-refractivity contribution in [2.45, 2.75) is 25.4 Å². The van der Waals surface area contributed by atoms with E-state index < -0.39 is 0 Å². The molecule has 1 aromatic heterocycles. The molecule has 4 heteroatoms. The number of hydrogen-bond donors (Lipinski definition) is 1. The van der Waals surface area contributed by atoms with Crippen LogP contribution in [-0.4, -0.2) is 36.2 Å². The van der Waals surface area contributed by atoms with Gasteiger partial charge in [-0.2, -0.15) is 0 Å². The van der Waals surface area contributed by atoms with Gasteiger partial charge in [-0.3, -0.25) is 0 Å². The molecule has 0 amide bonds. The average molecular weight is 195 g/mol. The van der Waals surface area contributed by atoms with Crippen LogP contribution in [0, 0.1) is 0 Å². The van der Waals surface area contributed by atoms with Crippen LogP contribution in [0.2, 0.25) is 0 Å². The average Bonchev–Trinajstić information content (AvgIpc) is 2.92. The molecule has 1 aliphatic rings. The molecular formula is C10H17N3O. The summed E-state index contributed by atoms with van der Waals surface area (Å²) in [7, 11) is 2.19. The standard InChI is InChI=1S/C10H17N3O/c1-13(10-2-3-10)5-4-11-6-9-7-12-14-8-9/h7-8,10-11H,2-6H2,1H3. The molecular weight excluding hydrogens is 178 g/mol. The first-order chi connectivity index (χ1) is 6.86. The summed E-state index contributed by atoms with van der Waals surface area (Å²) >= 11 is 0. The second-order valence-corrected chi connectivity index (χ2v) is 3.92. The molecule has 1 N–H and O–H groups in total. The highest BCUT2D eigenvalue weighted by Crippen LogP contribution is 2.24. The Balaban J connectivity index is 1.54. The van der Waals surface area contributed by atoms with Gasteiger partial charge in [0.05, 0.1) is 6.20 Å². The minimum atomic E-state index is 0.849. The van der Waals surface area contributed by atoms with Gasteiger partial charge in [0.2, 0.25) is 0 Å². The highest BCUT2D eigenvalue weighted by molar-refractivity contribution is 4.99. The van der Waals surface area contributed by atoms with Crippen molar-refractivity contribution in [2.75, 3.05) is 20.1 Å². The molecule has 2 rings (SSSR count). The number of hydrogen-bond acceptors (Lipinski definition) is 4. The predicted octanol–water partition coefficient (Wildman–Crippen LogP) is 0.858. The highest BCUT2D eigenvalue weighted by Gasteiger charge is 2.25. The van der Waals surface area contributed by atoms with Gasteiger partial charge in [0.1, 0.15) is 6.26 Å². The molecule has 0 atom stereocenters. The lowest BCUT2D eigenvalue weighted by Crippen LogP contribution is -2.30. The van der Waals surface area contributed by atoms with Crippen LogP contribution in [0.4, 0.5) is 0 Å². The van der Waals surface area contributed by atoms with Crippen molar-refractivity contribution in [3.05, 3.63) is 18.0 Å². The molecule has 1 saturated carbocycles. The zero-order valence-electron chi connectivity index (χ0n) is 8.57. The second-order valence-electron chi connectivity index (χ2n) is 3.92. The van der Waals surface area contributed by atoms with E-state index >= 15 is 0 Å². The van der Waals surface area contributed by atoms with Crippen molar-refractivity contribution in [1.29, 1.82) is 0 Å². The molecule has 0 bridgehead atoms. The molecule has 0 saturated heterocycles. The van der Waals surface area contributed by atoms with Crippen LogP contribution in [0.3, 0.4) is 0 Å². The van der Waals surface area contributed by atoms with E-state index in [-0.39, 0.29) is 0 Å². The normalized spacial score (nSPS) is 16.4. The van der Waals surface area contributed by atoms with E-state index in [2.05, 4.69) is 22.4 Å². The first kappa shape index (κ1) is 9.68. The predicted molar refractivity (Wildman–Crippen MR) is 53.9 cm³/mol. The van der Waals surface area contributed by atoms with Gasteiger partial charge in [0.25, 0.3) is 0 Å². The maximum absolute atomic E-state index is 4.74. The summed E-state index contributed by atoms with van der Waals surface area (Å²) in [6.07, 6.45) is 6.18. The SMILES string of the molecule is CN(CCNCc1cnoc1)C1CC1. The highest BCUT2D eigenvalue weighted by atomic mass is 16.5. The van der Waals surface area contributed by atoms with E-state index in [0.717, 1.165) is 31.2 Å². The Bertz CT molecular complexity index is 256. The number of nitrogens with one attached hydrogen (secondary N) is 1. The van der Waals surface area contributed by atoms with Gasteiger partial charge in [0, 0.05) is 31.2 Å². The van der Waals surface area contributed by atoms with Gasteiger partial charge >= 0.3 is 0 Å². The molecule has 1 aromatic rings. The Morgan fingerprint density at radius 3 is 3.14 bits per heavy atom. The third-order valence-corrected chi connectivity index (χ3v) is 2.62.